The second kappa shape index (κ2) is 8.35. The van der Waals surface area contributed by atoms with Crippen molar-refractivity contribution < 1.29 is 17.6 Å². The summed E-state index contributed by atoms with van der Waals surface area (Å²) in [4.78, 5) is 12.7. The highest BCUT2D eigenvalue weighted by Gasteiger charge is 2.35. The first kappa shape index (κ1) is 21.3. The van der Waals surface area contributed by atoms with Crippen LogP contribution in [0.2, 0.25) is 0 Å². The van der Waals surface area contributed by atoms with Gasteiger partial charge >= 0.3 is 11.9 Å². The molecule has 0 aliphatic heterocycles. The molecule has 1 aromatic heterocycles. The van der Waals surface area contributed by atoms with Gasteiger partial charge in [0.2, 0.25) is 5.89 Å². The molecule has 0 bridgehead atoms. The van der Waals surface area contributed by atoms with Gasteiger partial charge in [0.15, 0.2) is 0 Å². The van der Waals surface area contributed by atoms with Crippen LogP contribution in [-0.4, -0.2) is 29.8 Å². The smallest absolute Gasteiger partial charge is 0.388 e. The lowest BCUT2D eigenvalue weighted by atomic mass is 9.86. The van der Waals surface area contributed by atoms with Gasteiger partial charge in [-0.25, -0.2) is 9.89 Å². The molecule has 150 valence electrons. The molecule has 0 unspecified atom stereocenters. The highest BCUT2D eigenvalue weighted by Crippen LogP contribution is 2.39. The zero-order valence-electron chi connectivity index (χ0n) is 14.8. The third kappa shape index (κ3) is 5.04. The lowest BCUT2D eigenvalue weighted by Crippen LogP contribution is -2.33. The van der Waals surface area contributed by atoms with Gasteiger partial charge in [0.25, 0.3) is 0 Å². The summed E-state index contributed by atoms with van der Waals surface area (Å²) in [7, 11) is 1.64. The van der Waals surface area contributed by atoms with E-state index in [0.717, 1.165) is 31.7 Å². The quantitative estimate of drug-likeness (QED) is 0.812. The minimum absolute atomic E-state index is 0. The standard InChI is InChI=1S/C17H21F3N4O2.ClH/c1-24(9-10-2-5-12(21)6-3-10)14-8-11(15-22-23-16(25)26-15)4-7-13(14)17(18,19)20;/h4,7-8,10,12H,2-3,5-6,9,21H2,1H3,(H,23,25);1H/t10-,12-;. The average molecular weight is 407 g/mol. The molecule has 0 saturated heterocycles. The number of hydrogen-bond donors (Lipinski definition) is 2. The van der Waals surface area contributed by atoms with E-state index in [-0.39, 0.29) is 30.0 Å². The summed E-state index contributed by atoms with van der Waals surface area (Å²) in [5.74, 6) is -0.497. The minimum atomic E-state index is -4.48. The van der Waals surface area contributed by atoms with E-state index in [4.69, 9.17) is 10.2 Å². The molecule has 6 nitrogen and oxygen atoms in total. The number of alkyl halides is 3. The lowest BCUT2D eigenvalue weighted by molar-refractivity contribution is -0.137. The predicted octanol–water partition coefficient (Wildman–Crippen LogP) is 3.42. The highest BCUT2D eigenvalue weighted by molar-refractivity contribution is 5.85. The fourth-order valence-corrected chi connectivity index (χ4v) is 3.43. The predicted molar refractivity (Wildman–Crippen MR) is 98.0 cm³/mol. The lowest BCUT2D eigenvalue weighted by Gasteiger charge is -2.32. The van der Waals surface area contributed by atoms with Crippen LogP contribution in [0.5, 0.6) is 0 Å². The van der Waals surface area contributed by atoms with Crippen molar-refractivity contribution in [3.05, 3.63) is 34.3 Å². The van der Waals surface area contributed by atoms with Crippen LogP contribution in [0.3, 0.4) is 0 Å². The number of H-pyrrole nitrogens is 1. The third-order valence-corrected chi connectivity index (χ3v) is 4.82. The van der Waals surface area contributed by atoms with Crippen LogP contribution < -0.4 is 16.4 Å². The van der Waals surface area contributed by atoms with E-state index in [1.165, 1.54) is 12.1 Å². The fraction of sp³-hybridized carbons (Fsp3) is 0.529. The van der Waals surface area contributed by atoms with Gasteiger partial charge in [0.05, 0.1) is 5.56 Å². The van der Waals surface area contributed by atoms with E-state index in [0.29, 0.717) is 18.0 Å². The molecule has 1 saturated carbocycles. The first-order valence-corrected chi connectivity index (χ1v) is 8.48. The largest absolute Gasteiger partial charge is 0.434 e. The Bertz CT molecular complexity index is 813. The Morgan fingerprint density at radius 1 is 1.30 bits per heavy atom. The van der Waals surface area contributed by atoms with Crippen LogP contribution in [0.15, 0.2) is 27.4 Å². The van der Waals surface area contributed by atoms with Crippen molar-refractivity contribution in [2.45, 2.75) is 37.9 Å². The molecule has 1 aliphatic rings. The first-order valence-electron chi connectivity index (χ1n) is 8.48. The van der Waals surface area contributed by atoms with Crippen LogP contribution >= 0.6 is 12.4 Å². The van der Waals surface area contributed by atoms with Crippen molar-refractivity contribution in [3.8, 4) is 11.5 Å². The molecule has 3 rings (SSSR count). The van der Waals surface area contributed by atoms with Crippen LogP contribution in [0.4, 0.5) is 18.9 Å². The van der Waals surface area contributed by atoms with E-state index in [1.807, 2.05) is 0 Å². The molecule has 0 amide bonds. The Morgan fingerprint density at radius 2 is 1.96 bits per heavy atom. The molecule has 1 heterocycles. The molecule has 0 spiro atoms. The number of anilines is 1. The van der Waals surface area contributed by atoms with E-state index >= 15 is 0 Å². The number of nitrogens with two attached hydrogens (primary N) is 1. The number of rotatable bonds is 4. The second-order valence-electron chi connectivity index (χ2n) is 6.81. The molecular formula is C17H22ClF3N4O2. The molecule has 10 heteroatoms. The number of aromatic nitrogens is 2. The van der Waals surface area contributed by atoms with Crippen molar-refractivity contribution >= 4 is 18.1 Å². The van der Waals surface area contributed by atoms with E-state index in [1.54, 1.807) is 11.9 Å². The Hall–Kier alpha value is -2.00. The first-order chi connectivity index (χ1) is 12.2. The second-order valence-corrected chi connectivity index (χ2v) is 6.81. The highest BCUT2D eigenvalue weighted by atomic mass is 35.5. The van der Waals surface area contributed by atoms with Gasteiger partial charge in [-0.1, -0.05) is 0 Å². The van der Waals surface area contributed by atoms with E-state index in [9.17, 15) is 18.0 Å². The fourth-order valence-electron chi connectivity index (χ4n) is 3.43. The van der Waals surface area contributed by atoms with Gasteiger partial charge in [-0.05, 0) is 49.8 Å². The summed E-state index contributed by atoms with van der Waals surface area (Å²) in [6.07, 6.45) is -0.892. The Kier molecular flexibility index (Phi) is 6.59. The van der Waals surface area contributed by atoms with Gasteiger partial charge in [-0.15, -0.1) is 17.5 Å². The molecule has 1 fully saturated rings. The summed E-state index contributed by atoms with van der Waals surface area (Å²) < 4.78 is 45.2. The van der Waals surface area contributed by atoms with E-state index < -0.39 is 17.5 Å². The third-order valence-electron chi connectivity index (χ3n) is 4.82. The molecule has 3 N–H and O–H groups in total. The summed E-state index contributed by atoms with van der Waals surface area (Å²) in [6.45, 7) is 0.504. The van der Waals surface area contributed by atoms with Gasteiger partial charge in [-0.2, -0.15) is 13.2 Å². The molecule has 1 aliphatic carbocycles. The van der Waals surface area contributed by atoms with Gasteiger partial charge in [-0.3, -0.25) is 0 Å². The van der Waals surface area contributed by atoms with E-state index in [2.05, 4.69) is 10.2 Å². The molecular weight excluding hydrogens is 385 g/mol. The van der Waals surface area contributed by atoms with Crippen LogP contribution in [0.25, 0.3) is 11.5 Å². The van der Waals surface area contributed by atoms with Crippen LogP contribution in [0.1, 0.15) is 31.2 Å². The number of benzene rings is 1. The average Bonchev–Trinajstić information content (AvgIpc) is 3.02. The minimum Gasteiger partial charge on any atom is -0.388 e. The summed E-state index contributed by atoms with van der Waals surface area (Å²) in [5, 5.41) is 5.80. The number of nitrogens with zero attached hydrogens (tertiary/aromatic N) is 2. The maximum atomic E-state index is 13.4. The molecule has 1 aromatic carbocycles. The summed E-state index contributed by atoms with van der Waals surface area (Å²) in [5.41, 5.74) is 5.52. The topological polar surface area (TPSA) is 88.1 Å². The SMILES string of the molecule is CN(C[C@H]1CC[C@H](N)CC1)c1cc(-c2n[nH]c(=O)o2)ccc1C(F)(F)F.Cl. The number of halogens is 4. The Morgan fingerprint density at radius 3 is 2.52 bits per heavy atom. The molecule has 0 atom stereocenters. The monoisotopic (exact) mass is 406 g/mol. The maximum Gasteiger partial charge on any atom is 0.434 e. The summed E-state index contributed by atoms with van der Waals surface area (Å²) in [6, 6.07) is 3.79. The summed E-state index contributed by atoms with van der Waals surface area (Å²) >= 11 is 0. The number of nitrogens with one attached hydrogen (secondary N) is 1. The molecule has 27 heavy (non-hydrogen) atoms. The van der Waals surface area contributed by atoms with Gasteiger partial charge in [0, 0.05) is 30.9 Å². The molecule has 2 aromatic rings. The van der Waals surface area contributed by atoms with Gasteiger partial charge < -0.3 is 15.1 Å². The Labute approximate surface area is 160 Å². The van der Waals surface area contributed by atoms with Crippen LogP contribution in [-0.2, 0) is 6.18 Å². The van der Waals surface area contributed by atoms with Crippen molar-refractivity contribution in [2.75, 3.05) is 18.5 Å². The number of aromatic amines is 1. The Balaban J connectivity index is 0.00000261. The molecule has 0 radical (unpaired) electrons. The maximum absolute atomic E-state index is 13.4. The van der Waals surface area contributed by atoms with Crippen molar-refractivity contribution in [3.63, 3.8) is 0 Å². The van der Waals surface area contributed by atoms with Crippen molar-refractivity contribution in [1.82, 2.24) is 10.2 Å². The number of hydrogen-bond acceptors (Lipinski definition) is 5. The van der Waals surface area contributed by atoms with Crippen molar-refractivity contribution in [1.29, 1.82) is 0 Å². The van der Waals surface area contributed by atoms with Crippen molar-refractivity contribution in [2.24, 2.45) is 11.7 Å². The van der Waals surface area contributed by atoms with Crippen LogP contribution in [0, 0.1) is 5.92 Å². The zero-order valence-corrected chi connectivity index (χ0v) is 15.6. The normalized spacial score (nSPS) is 20.2. The van der Waals surface area contributed by atoms with Gasteiger partial charge in [0.1, 0.15) is 0 Å². The zero-order chi connectivity index (χ0) is 18.9.